The molecule has 1 fully saturated rings. The predicted octanol–water partition coefficient (Wildman–Crippen LogP) is 2.47. The molecule has 0 spiro atoms. The van der Waals surface area contributed by atoms with Crippen molar-refractivity contribution in [2.24, 2.45) is 5.92 Å². The Kier molecular flexibility index (Phi) is 4.84. The number of amides is 1. The van der Waals surface area contributed by atoms with Gasteiger partial charge in [0, 0.05) is 48.8 Å². The van der Waals surface area contributed by atoms with Crippen LogP contribution in [0.2, 0.25) is 0 Å². The molecular formula is C20H21F3N4O2. The van der Waals surface area contributed by atoms with E-state index in [9.17, 15) is 22.8 Å². The van der Waals surface area contributed by atoms with E-state index in [1.807, 2.05) is 19.1 Å². The van der Waals surface area contributed by atoms with Crippen LogP contribution in [0.25, 0.3) is 0 Å². The lowest BCUT2D eigenvalue weighted by Gasteiger charge is -2.44. The van der Waals surface area contributed by atoms with Gasteiger partial charge in [0.2, 0.25) is 0 Å². The maximum Gasteiger partial charge on any atom is 0.405 e. The van der Waals surface area contributed by atoms with E-state index in [1.165, 1.54) is 6.07 Å². The number of fused-ring (bicyclic) bond motifs is 4. The van der Waals surface area contributed by atoms with Gasteiger partial charge < -0.3 is 14.8 Å². The molecule has 1 amide bonds. The first-order valence-corrected chi connectivity index (χ1v) is 9.47. The molecule has 4 rings (SSSR count). The van der Waals surface area contributed by atoms with Crippen LogP contribution in [0, 0.1) is 12.8 Å². The van der Waals surface area contributed by atoms with Crippen LogP contribution in [0.4, 0.5) is 18.9 Å². The number of carbonyl (C=O) groups excluding carboxylic acids is 1. The normalized spacial score (nSPS) is 20.9. The molecule has 6 nitrogen and oxygen atoms in total. The topological polar surface area (TPSA) is 67.2 Å². The third-order valence-electron chi connectivity index (χ3n) is 5.54. The van der Waals surface area contributed by atoms with Crippen molar-refractivity contribution in [1.29, 1.82) is 0 Å². The zero-order chi connectivity index (χ0) is 20.8. The van der Waals surface area contributed by atoms with Crippen LogP contribution < -0.4 is 15.8 Å². The maximum absolute atomic E-state index is 12.8. The molecule has 2 aromatic heterocycles. The van der Waals surface area contributed by atoms with Crippen molar-refractivity contribution in [2.75, 3.05) is 24.5 Å². The van der Waals surface area contributed by atoms with E-state index in [4.69, 9.17) is 0 Å². The Morgan fingerprint density at radius 2 is 2.03 bits per heavy atom. The quantitative estimate of drug-likeness (QED) is 0.851. The van der Waals surface area contributed by atoms with Crippen LogP contribution >= 0.6 is 0 Å². The van der Waals surface area contributed by atoms with Crippen LogP contribution in [-0.2, 0) is 6.54 Å². The minimum Gasteiger partial charge on any atom is -0.370 e. The average Bonchev–Trinajstić information content (AvgIpc) is 2.66. The number of aryl methyl sites for hydroxylation is 1. The molecule has 154 valence electrons. The van der Waals surface area contributed by atoms with Gasteiger partial charge in [0.05, 0.1) is 0 Å². The summed E-state index contributed by atoms with van der Waals surface area (Å²) in [7, 11) is 0. The Balaban J connectivity index is 1.58. The number of aromatic nitrogens is 2. The Hall–Kier alpha value is -2.84. The predicted molar refractivity (Wildman–Crippen MR) is 101 cm³/mol. The van der Waals surface area contributed by atoms with Crippen LogP contribution in [0.5, 0.6) is 0 Å². The van der Waals surface area contributed by atoms with Gasteiger partial charge in [-0.25, -0.2) is 0 Å². The first-order valence-electron chi connectivity index (χ1n) is 9.47. The smallest absolute Gasteiger partial charge is 0.370 e. The summed E-state index contributed by atoms with van der Waals surface area (Å²) in [6, 6.07) is 7.04. The number of carbonyl (C=O) groups is 1. The van der Waals surface area contributed by atoms with Gasteiger partial charge >= 0.3 is 6.18 Å². The lowest BCUT2D eigenvalue weighted by atomic mass is 9.82. The largest absolute Gasteiger partial charge is 0.405 e. The Bertz CT molecular complexity index is 1000. The number of hydrogen-bond donors (Lipinski definition) is 1. The molecule has 0 aromatic carbocycles. The standard InChI is InChI=1S/C20H21F3N4O2/c1-12-6-15(4-5-24-12)26-8-13-7-14(10-26)17-3-2-16(19(29)27(17)9-13)18(28)25-11-20(21,22)23/h2-6,13-14H,7-11H2,1H3,(H,25,28)/t13-,14+/m0/s1. The van der Waals surface area contributed by atoms with Gasteiger partial charge in [-0.15, -0.1) is 0 Å². The SMILES string of the molecule is Cc1cc(N2C[C@@H]3C[C@H](C2)c2ccc(C(=O)NCC(F)(F)F)c(=O)n2C3)ccn1. The molecule has 4 heterocycles. The van der Waals surface area contributed by atoms with Crippen LogP contribution in [-0.4, -0.2) is 41.3 Å². The first-order chi connectivity index (χ1) is 13.7. The van der Waals surface area contributed by atoms with Crippen LogP contribution in [0.1, 0.15) is 34.1 Å². The van der Waals surface area contributed by atoms with Crippen molar-refractivity contribution in [3.05, 3.63) is 57.8 Å². The second kappa shape index (κ2) is 7.20. The zero-order valence-electron chi connectivity index (χ0n) is 15.9. The number of rotatable bonds is 3. The molecule has 0 saturated carbocycles. The molecule has 0 aliphatic carbocycles. The summed E-state index contributed by atoms with van der Waals surface area (Å²) in [6.45, 7) is 2.44. The van der Waals surface area contributed by atoms with E-state index in [0.717, 1.165) is 36.6 Å². The van der Waals surface area contributed by atoms with E-state index in [2.05, 4.69) is 9.88 Å². The minimum atomic E-state index is -4.52. The maximum atomic E-state index is 12.8. The molecular weight excluding hydrogens is 385 g/mol. The summed E-state index contributed by atoms with van der Waals surface area (Å²) < 4.78 is 38.6. The molecule has 2 aromatic rings. The van der Waals surface area contributed by atoms with Crippen LogP contribution in [0.15, 0.2) is 35.3 Å². The zero-order valence-corrected chi connectivity index (χ0v) is 15.9. The van der Waals surface area contributed by atoms with Gasteiger partial charge in [-0.05, 0) is 43.5 Å². The number of anilines is 1. The van der Waals surface area contributed by atoms with Gasteiger partial charge in [0.1, 0.15) is 12.1 Å². The molecule has 1 N–H and O–H groups in total. The summed E-state index contributed by atoms with van der Waals surface area (Å²) in [5.74, 6) is -0.649. The summed E-state index contributed by atoms with van der Waals surface area (Å²) >= 11 is 0. The van der Waals surface area contributed by atoms with Gasteiger partial charge in [0.15, 0.2) is 0 Å². The Morgan fingerprint density at radius 3 is 2.76 bits per heavy atom. The van der Waals surface area contributed by atoms with E-state index in [0.29, 0.717) is 6.54 Å². The molecule has 29 heavy (non-hydrogen) atoms. The van der Waals surface area contributed by atoms with E-state index in [-0.39, 0.29) is 17.4 Å². The van der Waals surface area contributed by atoms with E-state index >= 15 is 0 Å². The summed E-state index contributed by atoms with van der Waals surface area (Å²) in [5.41, 5.74) is 2.08. The van der Waals surface area contributed by atoms with Crippen molar-refractivity contribution in [3.63, 3.8) is 0 Å². The first kappa shape index (κ1) is 19.5. The highest BCUT2D eigenvalue weighted by Crippen LogP contribution is 2.37. The molecule has 2 aliphatic heterocycles. The lowest BCUT2D eigenvalue weighted by molar-refractivity contribution is -0.123. The third-order valence-corrected chi connectivity index (χ3v) is 5.54. The van der Waals surface area contributed by atoms with Gasteiger partial charge in [-0.2, -0.15) is 13.2 Å². The number of halogens is 3. The number of nitrogens with zero attached hydrogens (tertiary/aromatic N) is 3. The molecule has 2 aliphatic rings. The van der Waals surface area contributed by atoms with Gasteiger partial charge in [0.25, 0.3) is 11.5 Å². The number of piperidine rings is 1. The molecule has 2 atom stereocenters. The van der Waals surface area contributed by atoms with Crippen molar-refractivity contribution >= 4 is 11.6 Å². The molecule has 2 bridgehead atoms. The molecule has 1 saturated heterocycles. The van der Waals surface area contributed by atoms with Crippen molar-refractivity contribution in [3.8, 4) is 0 Å². The highest BCUT2D eigenvalue weighted by Gasteiger charge is 2.36. The molecule has 0 unspecified atom stereocenters. The average molecular weight is 406 g/mol. The summed E-state index contributed by atoms with van der Waals surface area (Å²) in [6.07, 6.45) is -1.80. The second-order valence-corrected chi connectivity index (χ2v) is 7.74. The monoisotopic (exact) mass is 406 g/mol. The fourth-order valence-corrected chi connectivity index (χ4v) is 4.33. The fourth-order valence-electron chi connectivity index (χ4n) is 4.33. The number of alkyl halides is 3. The highest BCUT2D eigenvalue weighted by molar-refractivity contribution is 5.93. The summed E-state index contributed by atoms with van der Waals surface area (Å²) in [4.78, 5) is 31.4. The Labute approximate surface area is 165 Å². The Morgan fingerprint density at radius 1 is 1.24 bits per heavy atom. The van der Waals surface area contributed by atoms with E-state index < -0.39 is 24.2 Å². The molecule has 9 heteroatoms. The van der Waals surface area contributed by atoms with Crippen molar-refractivity contribution < 1.29 is 18.0 Å². The third kappa shape index (κ3) is 3.99. The van der Waals surface area contributed by atoms with Crippen LogP contribution in [0.3, 0.4) is 0 Å². The van der Waals surface area contributed by atoms with Gasteiger partial charge in [-0.3, -0.25) is 14.6 Å². The number of nitrogens with one attached hydrogen (secondary N) is 1. The molecule has 0 radical (unpaired) electrons. The number of hydrogen-bond acceptors (Lipinski definition) is 4. The lowest BCUT2D eigenvalue weighted by Crippen LogP contribution is -2.48. The van der Waals surface area contributed by atoms with Crippen molar-refractivity contribution in [1.82, 2.24) is 14.9 Å². The van der Waals surface area contributed by atoms with Crippen molar-refractivity contribution in [2.45, 2.75) is 32.0 Å². The van der Waals surface area contributed by atoms with Gasteiger partial charge in [-0.1, -0.05) is 0 Å². The number of pyridine rings is 2. The highest BCUT2D eigenvalue weighted by atomic mass is 19.4. The summed E-state index contributed by atoms with van der Waals surface area (Å²) in [5, 5.41) is 1.78. The second-order valence-electron chi connectivity index (χ2n) is 7.74. The minimum absolute atomic E-state index is 0.121. The fraction of sp³-hybridized carbons (Fsp3) is 0.450. The van der Waals surface area contributed by atoms with E-state index in [1.54, 1.807) is 22.1 Å².